The van der Waals surface area contributed by atoms with Crippen molar-refractivity contribution in [3.8, 4) is 22.9 Å². The van der Waals surface area contributed by atoms with Gasteiger partial charge in [0.1, 0.15) is 24.8 Å². The molecule has 0 amide bonds. The van der Waals surface area contributed by atoms with Crippen LogP contribution in [0.2, 0.25) is 5.28 Å². The quantitative estimate of drug-likeness (QED) is 0.121. The smallest absolute Gasteiger partial charge is 0.229 e. The zero-order valence-corrected chi connectivity index (χ0v) is 35.5. The number of fused-ring (bicyclic) bond motifs is 2. The first-order chi connectivity index (χ1) is 30.5. The van der Waals surface area contributed by atoms with Crippen LogP contribution in [0.25, 0.3) is 11.4 Å². The summed E-state index contributed by atoms with van der Waals surface area (Å²) >= 11 is 5.83. The standard InChI is InChI=1S/C23H21FN6O.C13H12ClN3O.C10H10FN3/c1-15-12-30(14-26-15)19-9-8-17(10-18(19)24)27-23-25-11-21-22(28-23)29(2)20(13-31-21)16-6-4-3-5-7-16;1-17-10(9-5-3-2-4-6-9)8-18-11-7-15-13(14)16-12(11)17;1-7-5-14(6-13-7)10-3-2-8(12)4-9(10)11/h3-12,14,20H,13H2,1-2H3,(H,25,27,28);2-7,10H,8H2,1H3;2-6H,12H2,1H3. The van der Waals surface area contributed by atoms with E-state index in [1.807, 2.05) is 64.3 Å². The Labute approximate surface area is 367 Å². The number of imidazole rings is 2. The molecule has 3 N–H and O–H groups in total. The Kier molecular flexibility index (Phi) is 12.4. The highest BCUT2D eigenvalue weighted by Gasteiger charge is 2.29. The predicted octanol–water partition coefficient (Wildman–Crippen LogP) is 9.03. The Hall–Kier alpha value is -7.59. The van der Waals surface area contributed by atoms with Gasteiger partial charge in [0.25, 0.3) is 0 Å². The van der Waals surface area contributed by atoms with E-state index < -0.39 is 0 Å². The third kappa shape index (κ3) is 9.66. The molecule has 2 atom stereocenters. The van der Waals surface area contributed by atoms with Gasteiger partial charge in [-0.1, -0.05) is 60.7 Å². The Balaban J connectivity index is 0.000000143. The zero-order chi connectivity index (χ0) is 44.0. The third-order valence-electron chi connectivity index (χ3n) is 10.4. The van der Waals surface area contributed by atoms with Crippen LogP contribution in [0.15, 0.2) is 135 Å². The first-order valence-electron chi connectivity index (χ1n) is 19.8. The number of nitrogens with two attached hydrogens (primary N) is 1. The first kappa shape index (κ1) is 42.1. The number of rotatable bonds is 6. The van der Waals surface area contributed by atoms with E-state index in [0.717, 1.165) is 22.8 Å². The molecule has 0 radical (unpaired) electrons. The molecule has 4 aromatic carbocycles. The number of aryl methyl sites for hydroxylation is 2. The average Bonchev–Trinajstić information content (AvgIpc) is 3.93. The molecule has 0 saturated heterocycles. The molecular weight excluding hydrogens is 826 g/mol. The van der Waals surface area contributed by atoms with Crippen LogP contribution in [0.4, 0.5) is 37.7 Å². The zero-order valence-electron chi connectivity index (χ0n) is 34.8. The SMILES string of the molecule is CN1c2nc(Cl)ncc2OCC1c1ccccc1.Cc1cn(-c2ccc(N)cc2F)cn1.Cc1cn(-c2ccc(Nc3ncc4c(n3)N(C)C(c3ccccc3)CO4)cc2F)cn1. The molecule has 4 aromatic heterocycles. The van der Waals surface area contributed by atoms with Crippen molar-refractivity contribution in [2.45, 2.75) is 25.9 Å². The second kappa shape index (κ2) is 18.6. The van der Waals surface area contributed by atoms with E-state index >= 15 is 0 Å². The Morgan fingerprint density at radius 1 is 0.651 bits per heavy atom. The van der Waals surface area contributed by atoms with E-state index in [0.29, 0.717) is 59.2 Å². The monoisotopic (exact) mass is 868 g/mol. The van der Waals surface area contributed by atoms with E-state index in [4.69, 9.17) is 26.8 Å². The molecule has 17 heteroatoms. The average molecular weight is 869 g/mol. The van der Waals surface area contributed by atoms with Crippen LogP contribution in [0.1, 0.15) is 34.6 Å². The van der Waals surface area contributed by atoms with Crippen molar-refractivity contribution in [1.82, 2.24) is 39.0 Å². The Bertz CT molecular complexity index is 2830. The van der Waals surface area contributed by atoms with Gasteiger partial charge in [0.15, 0.2) is 23.1 Å². The van der Waals surface area contributed by atoms with Gasteiger partial charge in [0.2, 0.25) is 11.2 Å². The maximum Gasteiger partial charge on any atom is 0.229 e. The maximum atomic E-state index is 14.7. The number of hydrogen-bond acceptors (Lipinski definition) is 12. The number of halogens is 3. The van der Waals surface area contributed by atoms with Crippen molar-refractivity contribution in [2.24, 2.45) is 0 Å². The number of hydrogen-bond donors (Lipinski definition) is 2. The number of aromatic nitrogens is 8. The Morgan fingerprint density at radius 3 is 1.67 bits per heavy atom. The van der Waals surface area contributed by atoms with Gasteiger partial charge in [-0.05, 0) is 73.0 Å². The number of nitrogens with one attached hydrogen (secondary N) is 1. The second-order valence-corrected chi connectivity index (χ2v) is 15.1. The summed E-state index contributed by atoms with van der Waals surface area (Å²) in [5.74, 6) is 2.37. The molecule has 0 fully saturated rings. The van der Waals surface area contributed by atoms with Gasteiger partial charge in [0.05, 0.1) is 59.9 Å². The van der Waals surface area contributed by atoms with Gasteiger partial charge < -0.3 is 39.5 Å². The van der Waals surface area contributed by atoms with Gasteiger partial charge >= 0.3 is 0 Å². The van der Waals surface area contributed by atoms with Crippen LogP contribution < -0.4 is 30.3 Å². The highest BCUT2D eigenvalue weighted by molar-refractivity contribution is 6.28. The van der Waals surface area contributed by atoms with Crippen molar-refractivity contribution in [3.63, 3.8) is 0 Å². The summed E-state index contributed by atoms with van der Waals surface area (Å²) in [6, 6.07) is 30.0. The van der Waals surface area contributed by atoms with Gasteiger partial charge in [-0.3, -0.25) is 0 Å². The summed E-state index contributed by atoms with van der Waals surface area (Å²) in [7, 11) is 3.97. The number of nitrogen functional groups attached to an aromatic ring is 1. The fraction of sp³-hybridized carbons (Fsp3) is 0.174. The molecule has 6 heterocycles. The summed E-state index contributed by atoms with van der Waals surface area (Å²) < 4.78 is 42.9. The lowest BCUT2D eigenvalue weighted by atomic mass is 10.1. The maximum absolute atomic E-state index is 14.7. The van der Waals surface area contributed by atoms with Crippen LogP contribution >= 0.6 is 11.6 Å². The number of ether oxygens (including phenoxy) is 2. The summed E-state index contributed by atoms with van der Waals surface area (Å²) in [6.45, 7) is 4.81. The molecule has 2 aliphatic heterocycles. The van der Waals surface area contributed by atoms with Crippen LogP contribution in [-0.4, -0.2) is 66.3 Å². The minimum absolute atomic E-state index is 0.0480. The molecular formula is C46H43ClF2N12O2. The Morgan fingerprint density at radius 2 is 1.16 bits per heavy atom. The molecule has 10 rings (SSSR count). The van der Waals surface area contributed by atoms with E-state index in [1.165, 1.54) is 17.7 Å². The highest BCUT2D eigenvalue weighted by atomic mass is 35.5. The molecule has 0 aliphatic carbocycles. The van der Waals surface area contributed by atoms with E-state index in [1.54, 1.807) is 70.8 Å². The number of likely N-dealkylation sites (N-methyl/N-ethyl adjacent to an activating group) is 2. The van der Waals surface area contributed by atoms with Crippen molar-refractivity contribution in [2.75, 3.05) is 48.2 Å². The molecule has 0 bridgehead atoms. The summed E-state index contributed by atoms with van der Waals surface area (Å²) in [6.07, 6.45) is 9.95. The third-order valence-corrected chi connectivity index (χ3v) is 10.5. The van der Waals surface area contributed by atoms with Crippen molar-refractivity contribution >= 4 is 40.6 Å². The number of benzene rings is 4. The minimum atomic E-state index is -0.370. The molecule has 0 saturated carbocycles. The topological polar surface area (TPSA) is 150 Å². The fourth-order valence-electron chi connectivity index (χ4n) is 7.08. The van der Waals surface area contributed by atoms with E-state index in [-0.39, 0.29) is 29.0 Å². The van der Waals surface area contributed by atoms with E-state index in [2.05, 4.69) is 69.3 Å². The van der Waals surface area contributed by atoms with Crippen molar-refractivity contribution in [1.29, 1.82) is 0 Å². The van der Waals surface area contributed by atoms with Crippen LogP contribution in [-0.2, 0) is 0 Å². The second-order valence-electron chi connectivity index (χ2n) is 14.8. The predicted molar refractivity (Wildman–Crippen MR) is 239 cm³/mol. The number of nitrogens with zero attached hydrogens (tertiary/aromatic N) is 10. The van der Waals surface area contributed by atoms with Gasteiger partial charge in [0, 0.05) is 37.9 Å². The molecule has 320 valence electrons. The van der Waals surface area contributed by atoms with E-state index in [9.17, 15) is 8.78 Å². The fourth-order valence-corrected chi connectivity index (χ4v) is 7.21. The van der Waals surface area contributed by atoms with Gasteiger partial charge in [-0.2, -0.15) is 9.97 Å². The molecule has 14 nitrogen and oxygen atoms in total. The summed E-state index contributed by atoms with van der Waals surface area (Å²) in [5.41, 5.74) is 11.3. The summed E-state index contributed by atoms with van der Waals surface area (Å²) in [5, 5.41) is 3.32. The molecule has 63 heavy (non-hydrogen) atoms. The lowest BCUT2D eigenvalue weighted by Crippen LogP contribution is -2.34. The summed E-state index contributed by atoms with van der Waals surface area (Å²) in [4.78, 5) is 29.4. The minimum Gasteiger partial charge on any atom is -0.486 e. The lowest BCUT2D eigenvalue weighted by molar-refractivity contribution is 0.265. The van der Waals surface area contributed by atoms with Crippen LogP contribution in [0.3, 0.4) is 0 Å². The largest absolute Gasteiger partial charge is 0.486 e. The van der Waals surface area contributed by atoms with Crippen molar-refractivity contribution in [3.05, 3.63) is 174 Å². The lowest BCUT2D eigenvalue weighted by Gasteiger charge is -2.34. The van der Waals surface area contributed by atoms with Crippen LogP contribution in [0.5, 0.6) is 11.5 Å². The normalized spacial score (nSPS) is 15.0. The first-order valence-corrected chi connectivity index (χ1v) is 20.2. The molecule has 2 unspecified atom stereocenters. The molecule has 8 aromatic rings. The van der Waals surface area contributed by atoms with Gasteiger partial charge in [-0.25, -0.2) is 28.7 Å². The van der Waals surface area contributed by atoms with Crippen molar-refractivity contribution < 1.29 is 18.3 Å². The van der Waals surface area contributed by atoms with Gasteiger partial charge in [-0.15, -0.1) is 0 Å². The highest BCUT2D eigenvalue weighted by Crippen LogP contribution is 2.38. The molecule has 2 aliphatic rings. The van der Waals surface area contributed by atoms with Crippen LogP contribution in [0, 0.1) is 25.5 Å². The molecule has 0 spiro atoms. The number of anilines is 5.